The summed E-state index contributed by atoms with van der Waals surface area (Å²) in [6.07, 6.45) is 2.01. The minimum atomic E-state index is -0.784. The van der Waals surface area contributed by atoms with Gasteiger partial charge in [-0.1, -0.05) is 30.3 Å². The lowest BCUT2D eigenvalue weighted by Gasteiger charge is -2.43. The number of benzene rings is 2. The van der Waals surface area contributed by atoms with Gasteiger partial charge < -0.3 is 19.5 Å². The number of hydrogen-bond acceptors (Lipinski definition) is 4. The van der Waals surface area contributed by atoms with Gasteiger partial charge in [-0.15, -0.1) is 0 Å². The molecule has 0 unspecified atom stereocenters. The van der Waals surface area contributed by atoms with Gasteiger partial charge in [0.1, 0.15) is 5.75 Å². The molecule has 4 rings (SSSR count). The molecule has 1 amide bonds. The molecule has 152 valence electrons. The van der Waals surface area contributed by atoms with Gasteiger partial charge in [0.15, 0.2) is 0 Å². The smallest absolute Gasteiger partial charge is 0.303 e. The monoisotopic (exact) mass is 395 g/mol. The van der Waals surface area contributed by atoms with Crippen molar-refractivity contribution in [2.45, 2.75) is 45.0 Å². The summed E-state index contributed by atoms with van der Waals surface area (Å²) in [6.45, 7) is 3.38. The van der Waals surface area contributed by atoms with Crippen molar-refractivity contribution in [1.82, 2.24) is 4.90 Å². The van der Waals surface area contributed by atoms with Crippen molar-refractivity contribution in [3.63, 3.8) is 0 Å². The molecule has 2 heterocycles. The van der Waals surface area contributed by atoms with Crippen molar-refractivity contribution in [2.75, 3.05) is 13.1 Å². The van der Waals surface area contributed by atoms with Crippen LogP contribution in [0.4, 0.5) is 0 Å². The number of nitrogens with zero attached hydrogens (tertiary/aromatic N) is 1. The van der Waals surface area contributed by atoms with Gasteiger partial charge in [0, 0.05) is 44.8 Å². The van der Waals surface area contributed by atoms with Crippen LogP contribution in [0.5, 0.6) is 5.75 Å². The molecule has 0 bridgehead atoms. The number of amides is 1. The summed E-state index contributed by atoms with van der Waals surface area (Å²) in [4.78, 5) is 24.1. The zero-order chi connectivity index (χ0) is 20.4. The zero-order valence-electron chi connectivity index (χ0n) is 16.5. The number of aryl methyl sites for hydroxylation is 1. The van der Waals surface area contributed by atoms with Crippen molar-refractivity contribution in [3.05, 3.63) is 53.6 Å². The van der Waals surface area contributed by atoms with Crippen LogP contribution in [0.3, 0.4) is 0 Å². The second-order valence-corrected chi connectivity index (χ2v) is 7.72. The number of carbonyl (C=O) groups is 2. The van der Waals surface area contributed by atoms with E-state index in [1.807, 2.05) is 41.3 Å². The maximum absolute atomic E-state index is 11.5. The van der Waals surface area contributed by atoms with Crippen LogP contribution in [0, 0.1) is 0 Å². The molecule has 0 aliphatic carbocycles. The van der Waals surface area contributed by atoms with Gasteiger partial charge in [-0.25, -0.2) is 0 Å². The first-order valence-electron chi connectivity index (χ1n) is 9.97. The molecule has 1 spiro atoms. The number of carboxylic acids is 1. The van der Waals surface area contributed by atoms with Crippen LogP contribution in [-0.4, -0.2) is 40.8 Å². The highest BCUT2D eigenvalue weighted by Crippen LogP contribution is 2.39. The van der Waals surface area contributed by atoms with E-state index in [9.17, 15) is 9.59 Å². The Hall–Kier alpha value is -2.86. The fourth-order valence-electron chi connectivity index (χ4n) is 3.93. The fraction of sp³-hybridized carbons (Fsp3) is 0.391. The highest BCUT2D eigenvalue weighted by Gasteiger charge is 2.41. The summed E-state index contributed by atoms with van der Waals surface area (Å²) in [5.74, 6) is -0.482. The van der Waals surface area contributed by atoms with E-state index in [4.69, 9.17) is 14.6 Å². The number of aliphatic carboxylic acids is 1. The molecule has 6 heteroatoms. The van der Waals surface area contributed by atoms with E-state index in [0.717, 1.165) is 28.0 Å². The lowest BCUT2D eigenvalue weighted by atomic mass is 9.98. The van der Waals surface area contributed by atoms with Crippen LogP contribution < -0.4 is 4.74 Å². The molecule has 0 aromatic heterocycles. The first-order valence-corrected chi connectivity index (χ1v) is 9.97. The number of hydrogen-bond donors (Lipinski definition) is 1. The number of carboxylic acid groups (broad SMARTS) is 1. The van der Waals surface area contributed by atoms with Crippen LogP contribution >= 0.6 is 0 Å². The average molecular weight is 395 g/mol. The van der Waals surface area contributed by atoms with Crippen LogP contribution in [0.15, 0.2) is 42.5 Å². The Morgan fingerprint density at radius 1 is 1.07 bits per heavy atom. The summed E-state index contributed by atoms with van der Waals surface area (Å²) < 4.78 is 12.3. The van der Waals surface area contributed by atoms with E-state index < -0.39 is 11.8 Å². The molecule has 0 atom stereocenters. The molecule has 2 aliphatic rings. The van der Waals surface area contributed by atoms with Crippen LogP contribution in [0.25, 0.3) is 11.1 Å². The summed E-state index contributed by atoms with van der Waals surface area (Å²) in [6, 6.07) is 14.1. The van der Waals surface area contributed by atoms with Crippen LogP contribution in [0.1, 0.15) is 37.3 Å². The van der Waals surface area contributed by atoms with Gasteiger partial charge in [-0.2, -0.15) is 0 Å². The Labute approximate surface area is 170 Å². The molecule has 1 fully saturated rings. The van der Waals surface area contributed by atoms with Gasteiger partial charge in [-0.05, 0) is 35.2 Å². The summed E-state index contributed by atoms with van der Waals surface area (Å²) in [5, 5.41) is 8.81. The van der Waals surface area contributed by atoms with E-state index >= 15 is 0 Å². The van der Waals surface area contributed by atoms with Crippen LogP contribution in [0.2, 0.25) is 0 Å². The van der Waals surface area contributed by atoms with E-state index in [1.54, 1.807) is 6.92 Å². The predicted molar refractivity (Wildman–Crippen MR) is 107 cm³/mol. The summed E-state index contributed by atoms with van der Waals surface area (Å²) in [5.41, 5.74) is 4.17. The maximum Gasteiger partial charge on any atom is 0.303 e. The zero-order valence-corrected chi connectivity index (χ0v) is 16.5. The molecule has 1 N–H and O–H groups in total. The number of rotatable bonds is 4. The SMILES string of the molecule is CC(=O)N1CCC2(CC1)OCc1cc(-c3ccc(CCC(=O)O)cc3)ccc1O2. The number of fused-ring (bicyclic) bond motifs is 1. The Balaban J connectivity index is 1.45. The number of likely N-dealkylation sites (tertiary alicyclic amines) is 1. The molecule has 1 saturated heterocycles. The topological polar surface area (TPSA) is 76.1 Å². The number of ether oxygens (including phenoxy) is 2. The Morgan fingerprint density at radius 3 is 2.41 bits per heavy atom. The second-order valence-electron chi connectivity index (χ2n) is 7.72. The first kappa shape index (κ1) is 19.5. The molecule has 29 heavy (non-hydrogen) atoms. The Bertz CT molecular complexity index is 913. The first-order chi connectivity index (χ1) is 13.9. The number of piperidine rings is 1. The minimum absolute atomic E-state index is 0.0923. The maximum atomic E-state index is 11.5. The largest absolute Gasteiger partial charge is 0.481 e. The van der Waals surface area contributed by atoms with Gasteiger partial charge in [0.25, 0.3) is 0 Å². The second kappa shape index (κ2) is 7.87. The molecule has 0 radical (unpaired) electrons. The molecule has 2 aromatic rings. The molecule has 0 saturated carbocycles. The Kier molecular flexibility index (Phi) is 5.28. The van der Waals surface area contributed by atoms with Crippen molar-refractivity contribution >= 4 is 11.9 Å². The highest BCUT2D eigenvalue weighted by atomic mass is 16.7. The van der Waals surface area contributed by atoms with Crippen molar-refractivity contribution in [1.29, 1.82) is 0 Å². The predicted octanol–water partition coefficient (Wildman–Crippen LogP) is 3.62. The van der Waals surface area contributed by atoms with Crippen molar-refractivity contribution < 1.29 is 24.2 Å². The highest BCUT2D eigenvalue weighted by molar-refractivity contribution is 5.73. The lowest BCUT2D eigenvalue weighted by Crippen LogP contribution is -2.52. The average Bonchev–Trinajstić information content (AvgIpc) is 2.72. The van der Waals surface area contributed by atoms with E-state index in [0.29, 0.717) is 39.0 Å². The quantitative estimate of drug-likeness (QED) is 0.856. The third kappa shape index (κ3) is 4.27. The lowest BCUT2D eigenvalue weighted by molar-refractivity contribution is -0.227. The van der Waals surface area contributed by atoms with Gasteiger partial charge in [-0.3, -0.25) is 9.59 Å². The third-order valence-electron chi connectivity index (χ3n) is 5.73. The normalized spacial score (nSPS) is 17.5. The molecule has 2 aromatic carbocycles. The van der Waals surface area contributed by atoms with Crippen molar-refractivity contribution in [2.24, 2.45) is 0 Å². The van der Waals surface area contributed by atoms with Gasteiger partial charge in [0.2, 0.25) is 11.7 Å². The molecular formula is C23H25NO5. The van der Waals surface area contributed by atoms with Crippen molar-refractivity contribution in [3.8, 4) is 16.9 Å². The summed E-state index contributed by atoms with van der Waals surface area (Å²) in [7, 11) is 0. The van der Waals surface area contributed by atoms with E-state index in [2.05, 4.69) is 6.07 Å². The fourth-order valence-corrected chi connectivity index (χ4v) is 3.93. The van der Waals surface area contributed by atoms with E-state index in [-0.39, 0.29) is 12.3 Å². The van der Waals surface area contributed by atoms with E-state index in [1.165, 1.54) is 0 Å². The third-order valence-corrected chi connectivity index (χ3v) is 5.73. The summed E-state index contributed by atoms with van der Waals surface area (Å²) >= 11 is 0. The minimum Gasteiger partial charge on any atom is -0.481 e. The van der Waals surface area contributed by atoms with Crippen LogP contribution in [-0.2, 0) is 27.4 Å². The standard InChI is InChI=1S/C23H25NO5/c1-16(25)24-12-10-23(11-13-24)28-15-20-14-19(7-8-21(20)29-23)18-5-2-17(3-6-18)4-9-22(26)27/h2-3,5-8,14H,4,9-13,15H2,1H3,(H,26,27). The number of carbonyl (C=O) groups excluding carboxylic acids is 1. The van der Waals surface area contributed by atoms with Gasteiger partial charge >= 0.3 is 5.97 Å². The molecule has 2 aliphatic heterocycles. The molecular weight excluding hydrogens is 370 g/mol. The molecule has 6 nitrogen and oxygen atoms in total. The van der Waals surface area contributed by atoms with Gasteiger partial charge in [0.05, 0.1) is 6.61 Å². The Morgan fingerprint density at radius 2 is 1.76 bits per heavy atom.